The highest BCUT2D eigenvalue weighted by molar-refractivity contribution is 5.72. The smallest absolute Gasteiger partial charge is 0.216 e. The Morgan fingerprint density at radius 2 is 2.62 bits per heavy atom. The maximum Gasteiger partial charge on any atom is 0.216 e. The average Bonchev–Trinajstić information content (AvgIpc) is 2.52. The molecule has 13 heavy (non-hydrogen) atoms. The number of carbonyl (C=O) groups excluding carboxylic acids is 1. The van der Waals surface area contributed by atoms with E-state index in [4.69, 9.17) is 5.26 Å². The highest BCUT2D eigenvalue weighted by Crippen LogP contribution is 1.93. The van der Waals surface area contributed by atoms with Crippen LogP contribution in [-0.4, -0.2) is 22.2 Å². The Hall–Kier alpha value is -1.83. The number of nitrogens with zero attached hydrogens (tertiary/aromatic N) is 3. The van der Waals surface area contributed by atoms with E-state index in [1.165, 1.54) is 13.1 Å². The molecule has 0 bridgehead atoms. The molecule has 5 heteroatoms. The van der Waals surface area contributed by atoms with Gasteiger partial charge in [0.2, 0.25) is 5.91 Å². The summed E-state index contributed by atoms with van der Waals surface area (Å²) in [7, 11) is 0. The molecule has 0 aliphatic carbocycles. The van der Waals surface area contributed by atoms with E-state index in [2.05, 4.69) is 10.4 Å². The van der Waals surface area contributed by atoms with Crippen molar-refractivity contribution in [3.05, 3.63) is 18.0 Å². The van der Waals surface area contributed by atoms with E-state index in [1.807, 2.05) is 6.07 Å². The fourth-order valence-electron chi connectivity index (χ4n) is 0.890. The third-order valence-electron chi connectivity index (χ3n) is 1.48. The largest absolute Gasteiger partial charge is 0.354 e. The first-order valence-electron chi connectivity index (χ1n) is 3.89. The van der Waals surface area contributed by atoms with E-state index in [9.17, 15) is 4.79 Å². The molecule has 0 unspecified atom stereocenters. The lowest BCUT2D eigenvalue weighted by Gasteiger charge is -2.00. The molecule has 0 saturated heterocycles. The summed E-state index contributed by atoms with van der Waals surface area (Å²) in [4.78, 5) is 10.5. The first kappa shape index (κ1) is 9.26. The molecule has 1 aromatic heterocycles. The van der Waals surface area contributed by atoms with Gasteiger partial charge in [-0.05, 0) is 0 Å². The summed E-state index contributed by atoms with van der Waals surface area (Å²) in [5, 5.41) is 15.1. The highest BCUT2D eigenvalue weighted by atomic mass is 16.1. The molecule has 0 atom stereocenters. The Morgan fingerprint density at radius 3 is 3.15 bits per heavy atom. The third kappa shape index (κ3) is 2.95. The molecule has 1 rings (SSSR count). The number of aromatic nitrogens is 2. The van der Waals surface area contributed by atoms with Crippen molar-refractivity contribution in [3.63, 3.8) is 0 Å². The molecule has 1 amide bonds. The predicted octanol–water partition coefficient (Wildman–Crippen LogP) is -0.109. The van der Waals surface area contributed by atoms with Gasteiger partial charge in [-0.3, -0.25) is 9.48 Å². The van der Waals surface area contributed by atoms with E-state index in [1.54, 1.807) is 10.9 Å². The fourth-order valence-corrected chi connectivity index (χ4v) is 0.890. The van der Waals surface area contributed by atoms with Gasteiger partial charge < -0.3 is 5.32 Å². The predicted molar refractivity (Wildman–Crippen MR) is 45.6 cm³/mol. The van der Waals surface area contributed by atoms with Gasteiger partial charge >= 0.3 is 0 Å². The van der Waals surface area contributed by atoms with Crippen LogP contribution in [-0.2, 0) is 11.3 Å². The van der Waals surface area contributed by atoms with E-state index < -0.39 is 0 Å². The monoisotopic (exact) mass is 178 g/mol. The number of hydrogen-bond donors (Lipinski definition) is 1. The molecule has 0 aromatic carbocycles. The summed E-state index contributed by atoms with van der Waals surface area (Å²) in [5.41, 5.74) is 0.530. The summed E-state index contributed by atoms with van der Waals surface area (Å²) in [5.74, 6) is -0.0623. The second kappa shape index (κ2) is 4.26. The van der Waals surface area contributed by atoms with Crippen molar-refractivity contribution in [1.29, 1.82) is 5.26 Å². The zero-order valence-electron chi connectivity index (χ0n) is 7.32. The van der Waals surface area contributed by atoms with Crippen LogP contribution < -0.4 is 5.32 Å². The van der Waals surface area contributed by atoms with Crippen LogP contribution in [0.15, 0.2) is 12.4 Å². The van der Waals surface area contributed by atoms with Gasteiger partial charge in [0.1, 0.15) is 6.07 Å². The second-order valence-corrected chi connectivity index (χ2v) is 2.59. The second-order valence-electron chi connectivity index (χ2n) is 2.59. The van der Waals surface area contributed by atoms with Crippen LogP contribution >= 0.6 is 0 Å². The Morgan fingerprint density at radius 1 is 1.85 bits per heavy atom. The summed E-state index contributed by atoms with van der Waals surface area (Å²) in [6.07, 6.45) is 3.13. The molecule has 1 N–H and O–H groups in total. The lowest BCUT2D eigenvalue weighted by Crippen LogP contribution is -2.24. The van der Waals surface area contributed by atoms with Gasteiger partial charge in [-0.2, -0.15) is 10.4 Å². The average molecular weight is 178 g/mol. The van der Waals surface area contributed by atoms with Crippen LogP contribution in [0.3, 0.4) is 0 Å². The van der Waals surface area contributed by atoms with Crippen molar-refractivity contribution in [3.8, 4) is 6.07 Å². The molecule has 68 valence electrons. The lowest BCUT2D eigenvalue weighted by molar-refractivity contribution is -0.118. The number of amides is 1. The van der Waals surface area contributed by atoms with E-state index in [0.717, 1.165) is 0 Å². The SMILES string of the molecule is CC(=O)NCCn1cc(C#N)cn1. The molecule has 0 radical (unpaired) electrons. The zero-order valence-corrected chi connectivity index (χ0v) is 7.32. The number of rotatable bonds is 3. The first-order valence-corrected chi connectivity index (χ1v) is 3.89. The molecule has 0 aliphatic heterocycles. The number of hydrogen-bond acceptors (Lipinski definition) is 3. The minimum absolute atomic E-state index is 0.0623. The number of carbonyl (C=O) groups is 1. The molecular formula is C8H10N4O. The van der Waals surface area contributed by atoms with Gasteiger partial charge in [0, 0.05) is 19.7 Å². The van der Waals surface area contributed by atoms with Gasteiger partial charge in [-0.15, -0.1) is 0 Å². The van der Waals surface area contributed by atoms with E-state index in [-0.39, 0.29) is 5.91 Å². The van der Waals surface area contributed by atoms with Crippen LogP contribution in [0.4, 0.5) is 0 Å². The fraction of sp³-hybridized carbons (Fsp3) is 0.375. The van der Waals surface area contributed by atoms with Gasteiger partial charge in [0.25, 0.3) is 0 Å². The van der Waals surface area contributed by atoms with Crippen molar-refractivity contribution in [2.24, 2.45) is 0 Å². The summed E-state index contributed by atoms with van der Waals surface area (Å²) in [6, 6.07) is 1.98. The van der Waals surface area contributed by atoms with E-state index >= 15 is 0 Å². The first-order chi connectivity index (χ1) is 6.22. The molecule has 0 fully saturated rings. The maximum absolute atomic E-state index is 10.5. The topological polar surface area (TPSA) is 70.7 Å². The van der Waals surface area contributed by atoms with Gasteiger partial charge in [-0.1, -0.05) is 0 Å². The van der Waals surface area contributed by atoms with Crippen LogP contribution in [0.5, 0.6) is 0 Å². The van der Waals surface area contributed by atoms with Crippen molar-refractivity contribution >= 4 is 5.91 Å². The van der Waals surface area contributed by atoms with Crippen molar-refractivity contribution in [2.75, 3.05) is 6.54 Å². The van der Waals surface area contributed by atoms with Crippen LogP contribution in [0.2, 0.25) is 0 Å². The Labute approximate surface area is 76.0 Å². The summed E-state index contributed by atoms with van der Waals surface area (Å²) in [6.45, 7) is 2.58. The minimum Gasteiger partial charge on any atom is -0.354 e. The maximum atomic E-state index is 10.5. The molecule has 1 heterocycles. The van der Waals surface area contributed by atoms with Gasteiger partial charge in [0.05, 0.1) is 18.3 Å². The van der Waals surface area contributed by atoms with E-state index in [0.29, 0.717) is 18.7 Å². The Kier molecular flexibility index (Phi) is 3.03. The third-order valence-corrected chi connectivity index (χ3v) is 1.48. The Bertz CT molecular complexity index is 336. The van der Waals surface area contributed by atoms with Crippen LogP contribution in [0.1, 0.15) is 12.5 Å². The van der Waals surface area contributed by atoms with Gasteiger partial charge in [-0.25, -0.2) is 0 Å². The van der Waals surface area contributed by atoms with Crippen molar-refractivity contribution in [2.45, 2.75) is 13.5 Å². The Balaban J connectivity index is 2.38. The molecule has 0 aliphatic rings. The summed E-state index contributed by atoms with van der Waals surface area (Å²) < 4.78 is 1.62. The normalized spacial score (nSPS) is 9.23. The quantitative estimate of drug-likeness (QED) is 0.702. The standard InChI is InChI=1S/C8H10N4O/c1-7(13)10-2-3-12-6-8(4-9)5-11-12/h5-6H,2-3H2,1H3,(H,10,13). The minimum atomic E-state index is -0.0623. The van der Waals surface area contributed by atoms with Crippen molar-refractivity contribution in [1.82, 2.24) is 15.1 Å². The molecule has 5 nitrogen and oxygen atoms in total. The van der Waals surface area contributed by atoms with Crippen LogP contribution in [0, 0.1) is 11.3 Å². The zero-order chi connectivity index (χ0) is 9.68. The molecule has 0 spiro atoms. The van der Waals surface area contributed by atoms with Gasteiger partial charge in [0.15, 0.2) is 0 Å². The lowest BCUT2D eigenvalue weighted by atomic mass is 10.4. The number of nitriles is 1. The van der Waals surface area contributed by atoms with Crippen LogP contribution in [0.25, 0.3) is 0 Å². The molecule has 0 saturated carbocycles. The summed E-state index contributed by atoms with van der Waals surface area (Å²) >= 11 is 0. The molecular weight excluding hydrogens is 168 g/mol. The van der Waals surface area contributed by atoms with Crippen molar-refractivity contribution < 1.29 is 4.79 Å². The number of nitrogens with one attached hydrogen (secondary N) is 1. The molecule has 1 aromatic rings. The highest BCUT2D eigenvalue weighted by Gasteiger charge is 1.96.